The van der Waals surface area contributed by atoms with Gasteiger partial charge in [-0.3, -0.25) is 18.6 Å². The van der Waals surface area contributed by atoms with Gasteiger partial charge in [-0.2, -0.15) is 0 Å². The molecule has 3 aromatic heterocycles. The lowest BCUT2D eigenvalue weighted by atomic mass is 10.2. The molecule has 0 N–H and O–H groups in total. The molecule has 0 radical (unpaired) electrons. The molecule has 1 aromatic carbocycles. The summed E-state index contributed by atoms with van der Waals surface area (Å²) in [6.07, 6.45) is 2.52. The van der Waals surface area contributed by atoms with E-state index >= 15 is 0 Å². The van der Waals surface area contributed by atoms with E-state index in [1.54, 1.807) is 29.0 Å². The summed E-state index contributed by atoms with van der Waals surface area (Å²) in [4.78, 5) is 34.8. The normalized spacial score (nSPS) is 11.5. The third kappa shape index (κ3) is 3.52. The van der Waals surface area contributed by atoms with Crippen molar-refractivity contribution >= 4 is 50.6 Å². The van der Waals surface area contributed by atoms with Crippen LogP contribution < -0.4 is 11.1 Å². The molecule has 0 bridgehead atoms. The average molecular weight is 419 g/mol. The van der Waals surface area contributed by atoms with Crippen LogP contribution in [0.15, 0.2) is 50.6 Å². The highest BCUT2D eigenvalue weighted by atomic mass is 35.5. The van der Waals surface area contributed by atoms with Gasteiger partial charge in [0.2, 0.25) is 0 Å². The number of aromatic nitrogens is 4. The van der Waals surface area contributed by atoms with Gasteiger partial charge in [0.05, 0.1) is 16.6 Å². The molecule has 0 spiro atoms. The van der Waals surface area contributed by atoms with Crippen LogP contribution in [-0.4, -0.2) is 18.9 Å². The summed E-state index contributed by atoms with van der Waals surface area (Å²) in [6, 6.07) is 6.62. The lowest BCUT2D eigenvalue weighted by Gasteiger charge is -2.12. The number of hydrogen-bond acceptors (Lipinski definition) is 6. The van der Waals surface area contributed by atoms with Gasteiger partial charge in [0.1, 0.15) is 0 Å². The predicted molar refractivity (Wildman–Crippen MR) is 110 cm³/mol. The molecule has 0 fully saturated rings. The zero-order chi connectivity index (χ0) is 19.0. The number of hydrogen-bond donors (Lipinski definition) is 0. The van der Waals surface area contributed by atoms with E-state index in [1.807, 2.05) is 12.3 Å². The SMILES string of the molecule is CCCn1c(SCc2cc(=O)n3ccsc3n2)nc2cc(Cl)ccc2c1=O. The Balaban J connectivity index is 1.74. The van der Waals surface area contributed by atoms with Gasteiger partial charge in [0.15, 0.2) is 10.1 Å². The molecule has 0 amide bonds. The molecule has 0 atom stereocenters. The molecule has 0 unspecified atom stereocenters. The van der Waals surface area contributed by atoms with Gasteiger partial charge in [-0.1, -0.05) is 30.3 Å². The van der Waals surface area contributed by atoms with Crippen molar-refractivity contribution in [3.8, 4) is 0 Å². The van der Waals surface area contributed by atoms with E-state index in [2.05, 4.69) is 9.97 Å². The smallest absolute Gasteiger partial charge is 0.262 e. The minimum absolute atomic E-state index is 0.0808. The Bertz CT molecular complexity index is 1260. The second-order valence-electron chi connectivity index (χ2n) is 5.94. The van der Waals surface area contributed by atoms with E-state index in [9.17, 15) is 9.59 Å². The number of fused-ring (bicyclic) bond motifs is 2. The molecule has 27 heavy (non-hydrogen) atoms. The molecule has 138 valence electrons. The van der Waals surface area contributed by atoms with Gasteiger partial charge in [-0.25, -0.2) is 9.97 Å². The lowest BCUT2D eigenvalue weighted by molar-refractivity contribution is 0.584. The van der Waals surface area contributed by atoms with E-state index < -0.39 is 0 Å². The van der Waals surface area contributed by atoms with Crippen molar-refractivity contribution in [2.75, 3.05) is 0 Å². The van der Waals surface area contributed by atoms with Crippen molar-refractivity contribution < 1.29 is 0 Å². The van der Waals surface area contributed by atoms with E-state index in [4.69, 9.17) is 11.6 Å². The summed E-state index contributed by atoms with van der Waals surface area (Å²) in [5, 5.41) is 3.52. The van der Waals surface area contributed by atoms with E-state index in [1.165, 1.54) is 33.6 Å². The van der Waals surface area contributed by atoms with Crippen molar-refractivity contribution in [2.24, 2.45) is 0 Å². The summed E-state index contributed by atoms with van der Waals surface area (Å²) in [5.74, 6) is 0.450. The molecule has 0 aliphatic heterocycles. The Kier molecular flexibility index (Phi) is 5.03. The summed E-state index contributed by atoms with van der Waals surface area (Å²) in [6.45, 7) is 2.59. The van der Waals surface area contributed by atoms with Crippen LogP contribution in [0.4, 0.5) is 0 Å². The standard InChI is InChI=1S/C18H15ClN4O2S2/c1-2-5-23-16(25)13-4-3-11(19)8-14(13)21-18(23)27-10-12-9-15(24)22-6-7-26-17(22)20-12/h3-4,6-9H,2,5,10H2,1H3. The monoisotopic (exact) mass is 418 g/mol. The van der Waals surface area contributed by atoms with Gasteiger partial charge in [-0.15, -0.1) is 11.3 Å². The molecule has 6 nitrogen and oxygen atoms in total. The Labute approximate surface area is 167 Å². The van der Waals surface area contributed by atoms with Crippen LogP contribution in [0.3, 0.4) is 0 Å². The number of benzene rings is 1. The molecule has 4 aromatic rings. The average Bonchev–Trinajstić information content (AvgIpc) is 3.12. The minimum Gasteiger partial charge on any atom is -0.287 e. The molecular weight excluding hydrogens is 404 g/mol. The van der Waals surface area contributed by atoms with Gasteiger partial charge in [0.25, 0.3) is 11.1 Å². The van der Waals surface area contributed by atoms with Gasteiger partial charge >= 0.3 is 0 Å². The Morgan fingerprint density at radius 2 is 2.07 bits per heavy atom. The first-order chi connectivity index (χ1) is 13.1. The predicted octanol–water partition coefficient (Wildman–Crippen LogP) is 3.82. The lowest BCUT2D eigenvalue weighted by Crippen LogP contribution is -2.23. The number of nitrogens with zero attached hydrogens (tertiary/aromatic N) is 4. The van der Waals surface area contributed by atoms with Crippen LogP contribution in [0.1, 0.15) is 19.0 Å². The van der Waals surface area contributed by atoms with Crippen molar-refractivity contribution in [3.05, 3.63) is 67.3 Å². The summed E-state index contributed by atoms with van der Waals surface area (Å²) < 4.78 is 3.19. The number of thiazole rings is 1. The minimum atomic E-state index is -0.110. The van der Waals surface area contributed by atoms with Crippen LogP contribution in [0, 0.1) is 0 Å². The van der Waals surface area contributed by atoms with Crippen molar-refractivity contribution in [1.82, 2.24) is 18.9 Å². The first-order valence-corrected chi connectivity index (χ1v) is 10.6. The van der Waals surface area contributed by atoms with E-state index in [-0.39, 0.29) is 11.1 Å². The topological polar surface area (TPSA) is 69.3 Å². The number of halogens is 1. The second kappa shape index (κ2) is 7.46. The largest absolute Gasteiger partial charge is 0.287 e. The zero-order valence-electron chi connectivity index (χ0n) is 14.4. The quantitative estimate of drug-likeness (QED) is 0.364. The molecule has 0 aliphatic carbocycles. The van der Waals surface area contributed by atoms with Crippen LogP contribution in [0.25, 0.3) is 15.9 Å². The van der Waals surface area contributed by atoms with Crippen molar-refractivity contribution in [1.29, 1.82) is 0 Å². The van der Waals surface area contributed by atoms with Gasteiger partial charge in [-0.05, 0) is 24.6 Å². The van der Waals surface area contributed by atoms with E-state index in [0.29, 0.717) is 44.0 Å². The summed E-state index contributed by atoms with van der Waals surface area (Å²) in [7, 11) is 0. The van der Waals surface area contributed by atoms with Crippen LogP contribution >= 0.6 is 34.7 Å². The third-order valence-electron chi connectivity index (χ3n) is 4.03. The molecule has 0 saturated heterocycles. The number of rotatable bonds is 5. The molecule has 0 saturated carbocycles. The maximum absolute atomic E-state index is 12.9. The highest BCUT2D eigenvalue weighted by molar-refractivity contribution is 7.98. The Hall–Kier alpha value is -2.16. The fourth-order valence-corrected chi connectivity index (χ4v) is 4.63. The maximum atomic E-state index is 12.9. The highest BCUT2D eigenvalue weighted by Gasteiger charge is 2.13. The van der Waals surface area contributed by atoms with Crippen LogP contribution in [0.5, 0.6) is 0 Å². The fraction of sp³-hybridized carbons (Fsp3) is 0.222. The molecule has 4 rings (SSSR count). The molecule has 0 aliphatic rings. The van der Waals surface area contributed by atoms with Crippen molar-refractivity contribution in [3.63, 3.8) is 0 Å². The molecule has 3 heterocycles. The van der Waals surface area contributed by atoms with Gasteiger partial charge < -0.3 is 0 Å². The first-order valence-electron chi connectivity index (χ1n) is 8.35. The fourth-order valence-electron chi connectivity index (χ4n) is 2.81. The number of thioether (sulfide) groups is 1. The Morgan fingerprint density at radius 3 is 2.89 bits per heavy atom. The van der Waals surface area contributed by atoms with Crippen LogP contribution in [-0.2, 0) is 12.3 Å². The van der Waals surface area contributed by atoms with Crippen LogP contribution in [0.2, 0.25) is 5.02 Å². The molecule has 9 heteroatoms. The van der Waals surface area contributed by atoms with E-state index in [0.717, 1.165) is 6.42 Å². The van der Waals surface area contributed by atoms with Gasteiger partial charge in [0, 0.05) is 35.0 Å². The first kappa shape index (κ1) is 18.2. The summed E-state index contributed by atoms with van der Waals surface area (Å²) in [5.41, 5.74) is 1.05. The second-order valence-corrected chi connectivity index (χ2v) is 8.19. The summed E-state index contributed by atoms with van der Waals surface area (Å²) >= 11 is 8.87. The van der Waals surface area contributed by atoms with Crippen molar-refractivity contribution in [2.45, 2.75) is 30.8 Å². The Morgan fingerprint density at radius 1 is 1.22 bits per heavy atom. The highest BCUT2D eigenvalue weighted by Crippen LogP contribution is 2.23. The zero-order valence-corrected chi connectivity index (χ0v) is 16.8. The molecular formula is C18H15ClN4O2S2. The third-order valence-corrected chi connectivity index (χ3v) is 6.04. The maximum Gasteiger partial charge on any atom is 0.262 e.